The standard InChI is InChI=1S/C18H28N4O2/c1-13-12-16(14(2)19-13)17(23)21-8-10-22(11-9-21)18(24)20-15-6-4-3-5-7-15/h12,15,19H,3-11H2,1-2H3,(H,20,24). The van der Waals surface area contributed by atoms with Crippen molar-refractivity contribution >= 4 is 11.9 Å². The van der Waals surface area contributed by atoms with Gasteiger partial charge in [0.15, 0.2) is 0 Å². The maximum absolute atomic E-state index is 12.6. The zero-order valence-corrected chi connectivity index (χ0v) is 14.7. The summed E-state index contributed by atoms with van der Waals surface area (Å²) >= 11 is 0. The number of H-pyrrole nitrogens is 1. The number of nitrogens with zero attached hydrogens (tertiary/aromatic N) is 2. The molecule has 0 atom stereocenters. The summed E-state index contributed by atoms with van der Waals surface area (Å²) in [6.07, 6.45) is 5.89. The Morgan fingerprint density at radius 3 is 2.25 bits per heavy atom. The van der Waals surface area contributed by atoms with Crippen LogP contribution in [0.25, 0.3) is 0 Å². The molecule has 6 nitrogen and oxygen atoms in total. The number of hydrogen-bond donors (Lipinski definition) is 2. The van der Waals surface area contributed by atoms with E-state index >= 15 is 0 Å². The first-order valence-electron chi connectivity index (χ1n) is 9.05. The molecule has 0 spiro atoms. The first-order chi connectivity index (χ1) is 11.5. The molecule has 6 heteroatoms. The maximum atomic E-state index is 12.6. The van der Waals surface area contributed by atoms with Crippen molar-refractivity contribution in [2.45, 2.75) is 52.0 Å². The molecule has 2 heterocycles. The zero-order valence-electron chi connectivity index (χ0n) is 14.7. The minimum absolute atomic E-state index is 0.0302. The minimum atomic E-state index is 0.0302. The van der Waals surface area contributed by atoms with E-state index in [1.807, 2.05) is 29.7 Å². The van der Waals surface area contributed by atoms with Crippen molar-refractivity contribution in [3.63, 3.8) is 0 Å². The molecule has 0 unspecified atom stereocenters. The van der Waals surface area contributed by atoms with Crippen LogP contribution in [0.15, 0.2) is 6.07 Å². The molecule has 0 radical (unpaired) electrons. The second-order valence-electron chi connectivity index (χ2n) is 7.05. The molecule has 1 aliphatic heterocycles. The van der Waals surface area contributed by atoms with E-state index in [9.17, 15) is 9.59 Å². The Balaban J connectivity index is 1.50. The Morgan fingerprint density at radius 1 is 1.04 bits per heavy atom. The lowest BCUT2D eigenvalue weighted by atomic mass is 9.96. The van der Waals surface area contributed by atoms with E-state index in [-0.39, 0.29) is 11.9 Å². The highest BCUT2D eigenvalue weighted by Gasteiger charge is 2.27. The molecule has 1 aromatic rings. The van der Waals surface area contributed by atoms with Gasteiger partial charge in [0.2, 0.25) is 0 Å². The third kappa shape index (κ3) is 3.74. The van der Waals surface area contributed by atoms with Crippen molar-refractivity contribution in [3.05, 3.63) is 23.0 Å². The van der Waals surface area contributed by atoms with Gasteiger partial charge in [-0.15, -0.1) is 0 Å². The van der Waals surface area contributed by atoms with Crippen molar-refractivity contribution in [1.82, 2.24) is 20.1 Å². The van der Waals surface area contributed by atoms with E-state index in [0.717, 1.165) is 29.8 Å². The molecule has 2 fully saturated rings. The molecule has 1 saturated heterocycles. The Bertz CT molecular complexity index is 596. The van der Waals surface area contributed by atoms with Gasteiger partial charge in [0.1, 0.15) is 0 Å². The molecule has 132 valence electrons. The molecule has 3 amide bonds. The lowest BCUT2D eigenvalue weighted by molar-refractivity contribution is 0.0662. The molecule has 0 bridgehead atoms. The van der Waals surface area contributed by atoms with Crippen molar-refractivity contribution in [1.29, 1.82) is 0 Å². The number of hydrogen-bond acceptors (Lipinski definition) is 2. The van der Waals surface area contributed by atoms with Crippen LogP contribution in [0, 0.1) is 13.8 Å². The average Bonchev–Trinajstić information content (AvgIpc) is 2.93. The lowest BCUT2D eigenvalue weighted by Crippen LogP contribution is -2.54. The molecule has 3 rings (SSSR count). The number of aromatic amines is 1. The van der Waals surface area contributed by atoms with Gasteiger partial charge in [-0.3, -0.25) is 4.79 Å². The van der Waals surface area contributed by atoms with Crippen molar-refractivity contribution in [2.75, 3.05) is 26.2 Å². The molecule has 0 aromatic carbocycles. The lowest BCUT2D eigenvalue weighted by Gasteiger charge is -2.36. The van der Waals surface area contributed by atoms with Crippen molar-refractivity contribution in [3.8, 4) is 0 Å². The number of aryl methyl sites for hydroxylation is 2. The van der Waals surface area contributed by atoms with E-state index in [0.29, 0.717) is 32.2 Å². The number of rotatable bonds is 2. The first kappa shape index (κ1) is 16.9. The monoisotopic (exact) mass is 332 g/mol. The fraction of sp³-hybridized carbons (Fsp3) is 0.667. The van der Waals surface area contributed by atoms with Crippen molar-refractivity contribution in [2.24, 2.45) is 0 Å². The quantitative estimate of drug-likeness (QED) is 0.873. The van der Waals surface area contributed by atoms with Gasteiger partial charge in [-0.05, 0) is 32.8 Å². The van der Waals surface area contributed by atoms with E-state index in [4.69, 9.17) is 0 Å². The molecule has 1 aromatic heterocycles. The number of amides is 3. The number of piperazine rings is 1. The smallest absolute Gasteiger partial charge is 0.317 e. The summed E-state index contributed by atoms with van der Waals surface area (Å²) in [6, 6.07) is 2.26. The molecule has 2 aliphatic rings. The van der Waals surface area contributed by atoms with Gasteiger partial charge in [-0.2, -0.15) is 0 Å². The van der Waals surface area contributed by atoms with Crippen LogP contribution in [0.1, 0.15) is 53.8 Å². The van der Waals surface area contributed by atoms with Gasteiger partial charge in [-0.1, -0.05) is 19.3 Å². The zero-order chi connectivity index (χ0) is 17.1. The summed E-state index contributed by atoms with van der Waals surface area (Å²) < 4.78 is 0. The molecular weight excluding hydrogens is 304 g/mol. The fourth-order valence-corrected chi connectivity index (χ4v) is 3.74. The highest BCUT2D eigenvalue weighted by molar-refractivity contribution is 5.95. The number of carbonyl (C=O) groups is 2. The Kier molecular flexibility index (Phi) is 5.11. The maximum Gasteiger partial charge on any atom is 0.317 e. The Hall–Kier alpha value is -1.98. The average molecular weight is 332 g/mol. The molecule has 2 N–H and O–H groups in total. The highest BCUT2D eigenvalue weighted by Crippen LogP contribution is 2.18. The second kappa shape index (κ2) is 7.28. The van der Waals surface area contributed by atoms with Crippen LogP contribution < -0.4 is 5.32 Å². The van der Waals surface area contributed by atoms with E-state index < -0.39 is 0 Å². The van der Waals surface area contributed by atoms with E-state index in [1.165, 1.54) is 19.3 Å². The van der Waals surface area contributed by atoms with Gasteiger partial charge < -0.3 is 20.1 Å². The minimum Gasteiger partial charge on any atom is -0.362 e. The molecule has 1 aliphatic carbocycles. The topological polar surface area (TPSA) is 68.4 Å². The summed E-state index contributed by atoms with van der Waals surface area (Å²) in [7, 11) is 0. The largest absolute Gasteiger partial charge is 0.362 e. The number of aromatic nitrogens is 1. The van der Waals surface area contributed by atoms with Crippen LogP contribution in [0.4, 0.5) is 4.79 Å². The third-order valence-corrected chi connectivity index (χ3v) is 5.17. The number of nitrogens with one attached hydrogen (secondary N) is 2. The predicted octanol–water partition coefficient (Wildman–Crippen LogP) is 2.43. The Labute approximate surface area is 143 Å². The normalized spacial score (nSPS) is 19.4. The summed E-state index contributed by atoms with van der Waals surface area (Å²) in [5.74, 6) is 0.0594. The summed E-state index contributed by atoms with van der Waals surface area (Å²) in [4.78, 5) is 31.9. The predicted molar refractivity (Wildman–Crippen MR) is 93.1 cm³/mol. The van der Waals surface area contributed by atoms with Gasteiger partial charge in [0.25, 0.3) is 5.91 Å². The van der Waals surface area contributed by atoms with E-state index in [2.05, 4.69) is 10.3 Å². The van der Waals surface area contributed by atoms with Gasteiger partial charge in [0.05, 0.1) is 5.56 Å². The highest BCUT2D eigenvalue weighted by atomic mass is 16.2. The molecule has 24 heavy (non-hydrogen) atoms. The van der Waals surface area contributed by atoms with Gasteiger partial charge >= 0.3 is 6.03 Å². The third-order valence-electron chi connectivity index (χ3n) is 5.17. The summed E-state index contributed by atoms with van der Waals surface area (Å²) in [5.41, 5.74) is 2.66. The van der Waals surface area contributed by atoms with Crippen LogP contribution in [0.2, 0.25) is 0 Å². The number of urea groups is 1. The number of carbonyl (C=O) groups excluding carboxylic acids is 2. The summed E-state index contributed by atoms with van der Waals surface area (Å²) in [6.45, 7) is 6.28. The van der Waals surface area contributed by atoms with Gasteiger partial charge in [-0.25, -0.2) is 4.79 Å². The van der Waals surface area contributed by atoms with Crippen LogP contribution in [0.3, 0.4) is 0 Å². The summed E-state index contributed by atoms with van der Waals surface area (Å²) in [5, 5.41) is 3.16. The SMILES string of the molecule is Cc1cc(C(=O)N2CCN(C(=O)NC3CCCCC3)CC2)c(C)[nH]1. The Morgan fingerprint density at radius 2 is 1.67 bits per heavy atom. The molecule has 1 saturated carbocycles. The fourth-order valence-electron chi connectivity index (χ4n) is 3.74. The molecular formula is C18H28N4O2. The van der Waals surface area contributed by atoms with Gasteiger partial charge in [0, 0.05) is 43.6 Å². The van der Waals surface area contributed by atoms with Crippen molar-refractivity contribution < 1.29 is 9.59 Å². The first-order valence-corrected chi connectivity index (χ1v) is 9.05. The van der Waals surface area contributed by atoms with E-state index in [1.54, 1.807) is 0 Å². The van der Waals surface area contributed by atoms with Crippen LogP contribution >= 0.6 is 0 Å². The van der Waals surface area contributed by atoms with Crippen LogP contribution in [-0.2, 0) is 0 Å². The van der Waals surface area contributed by atoms with Crippen LogP contribution in [-0.4, -0.2) is 58.9 Å². The van der Waals surface area contributed by atoms with Crippen LogP contribution in [0.5, 0.6) is 0 Å². The second-order valence-corrected chi connectivity index (χ2v) is 7.05.